The third kappa shape index (κ3) is 5.54. The molecule has 0 bridgehead atoms. The fourth-order valence-electron chi connectivity index (χ4n) is 2.82. The minimum Gasteiger partial charge on any atom is -0.479 e. The molecule has 0 fully saturated rings. The molecule has 2 rings (SSSR count). The number of carboxylic acid groups (broad SMARTS) is 1. The minimum absolute atomic E-state index is 0.205. The van der Waals surface area contributed by atoms with E-state index in [2.05, 4.69) is 20.7 Å². The second-order valence-corrected chi connectivity index (χ2v) is 9.98. The third-order valence-corrected chi connectivity index (χ3v) is 6.97. The smallest absolute Gasteiger partial charge is 0.428 e. The number of aliphatic carboxylic acids is 1. The van der Waals surface area contributed by atoms with Gasteiger partial charge in [0.15, 0.2) is 4.90 Å². The Kier molecular flexibility index (Phi) is 7.77. The van der Waals surface area contributed by atoms with Crippen LogP contribution in [0.15, 0.2) is 51.8 Å². The molecule has 2 atom stereocenters. The first-order chi connectivity index (χ1) is 15.4. The molecular weight excluding hydrogens is 556 g/mol. The molecule has 2 N–H and O–H groups in total. The monoisotopic (exact) mass is 572 g/mol. The Morgan fingerprint density at radius 1 is 1.21 bits per heavy atom. The van der Waals surface area contributed by atoms with E-state index in [0.29, 0.717) is 0 Å². The Labute approximate surface area is 199 Å². The van der Waals surface area contributed by atoms with Crippen molar-refractivity contribution >= 4 is 37.6 Å². The summed E-state index contributed by atoms with van der Waals surface area (Å²) < 4.78 is 87.9. The molecule has 2 aromatic carbocycles. The molecule has 0 saturated carbocycles. The van der Waals surface area contributed by atoms with Gasteiger partial charge in [0.2, 0.25) is 10.0 Å². The van der Waals surface area contributed by atoms with E-state index in [0.717, 1.165) is 31.2 Å². The van der Waals surface area contributed by atoms with Crippen molar-refractivity contribution in [2.45, 2.75) is 36.1 Å². The highest BCUT2D eigenvalue weighted by Crippen LogP contribution is 2.37. The molecule has 0 saturated heterocycles. The van der Waals surface area contributed by atoms with Crippen molar-refractivity contribution in [2.75, 3.05) is 6.61 Å². The molecule has 0 aliphatic heterocycles. The molecule has 0 aliphatic carbocycles. The van der Waals surface area contributed by atoms with E-state index < -0.39 is 66.8 Å². The van der Waals surface area contributed by atoms with E-state index >= 15 is 0 Å². The van der Waals surface area contributed by atoms with Crippen molar-refractivity contribution in [3.8, 4) is 0 Å². The highest BCUT2D eigenvalue weighted by Gasteiger charge is 2.59. The minimum atomic E-state index is -5.42. The number of nitrogens with one attached hydrogen (secondary N) is 1. The number of para-hydroxylation sites is 1. The summed E-state index contributed by atoms with van der Waals surface area (Å²) in [6, 6.07) is 7.27. The normalized spacial score (nSPS) is 15.9. The van der Waals surface area contributed by atoms with E-state index in [1.54, 1.807) is 0 Å². The molecule has 15 heteroatoms. The number of carbonyl (C=O) groups is 1. The number of halogens is 5. The molecule has 0 aromatic heterocycles. The van der Waals surface area contributed by atoms with E-state index in [-0.39, 0.29) is 11.4 Å². The summed E-state index contributed by atoms with van der Waals surface area (Å²) in [7, 11) is -4.88. The van der Waals surface area contributed by atoms with Gasteiger partial charge in [-0.25, -0.2) is 17.6 Å². The predicted octanol–water partition coefficient (Wildman–Crippen LogP) is 4.11. The zero-order valence-electron chi connectivity index (χ0n) is 17.4. The van der Waals surface area contributed by atoms with E-state index in [4.69, 9.17) is 5.11 Å². The summed E-state index contributed by atoms with van der Waals surface area (Å²) in [6.07, 6.45) is -5.42. The average Bonchev–Trinajstić information content (AvgIpc) is 2.72. The van der Waals surface area contributed by atoms with Crippen molar-refractivity contribution in [3.05, 3.63) is 68.4 Å². The van der Waals surface area contributed by atoms with Gasteiger partial charge in [0.25, 0.3) is 11.3 Å². The lowest BCUT2D eigenvalue weighted by molar-refractivity contribution is -0.387. The van der Waals surface area contributed by atoms with Gasteiger partial charge < -0.3 is 9.84 Å². The first-order valence-electron chi connectivity index (χ1n) is 9.11. The van der Waals surface area contributed by atoms with Gasteiger partial charge in [-0.15, -0.1) is 0 Å². The number of nitro groups is 1. The van der Waals surface area contributed by atoms with E-state index in [9.17, 15) is 40.9 Å². The Morgan fingerprint density at radius 3 is 2.32 bits per heavy atom. The van der Waals surface area contributed by atoms with Gasteiger partial charge in [0, 0.05) is 16.1 Å². The zero-order valence-corrected chi connectivity index (χ0v) is 19.8. The fraction of sp³-hybridized carbons (Fsp3) is 0.316. The first kappa shape index (κ1) is 27.6. The van der Waals surface area contributed by atoms with Crippen molar-refractivity contribution < 1.29 is 45.5 Å². The highest BCUT2D eigenvalue weighted by molar-refractivity contribution is 9.10. The summed E-state index contributed by atoms with van der Waals surface area (Å²) in [5.41, 5.74) is -7.49. The largest absolute Gasteiger partial charge is 0.479 e. The van der Waals surface area contributed by atoms with Crippen molar-refractivity contribution in [1.82, 2.24) is 4.72 Å². The quantitative estimate of drug-likeness (QED) is 0.262. The number of ether oxygens (including phenoxy) is 1. The molecule has 2 aromatic rings. The van der Waals surface area contributed by atoms with Gasteiger partial charge in [-0.05, 0) is 38.1 Å². The molecule has 0 spiro atoms. The number of alkyl halides is 3. The highest BCUT2D eigenvalue weighted by atomic mass is 79.9. The van der Waals surface area contributed by atoms with Crippen LogP contribution >= 0.6 is 15.9 Å². The Morgan fingerprint density at radius 2 is 1.79 bits per heavy atom. The van der Waals surface area contributed by atoms with Crippen LogP contribution in [-0.2, 0) is 25.1 Å². The van der Waals surface area contributed by atoms with Gasteiger partial charge in [-0.3, -0.25) is 10.1 Å². The standard InChI is InChI=1S/C19H17BrF4N2O7S/c1-17(12-9-11(20)7-8-13(12)21,10-33-18(2,16(27)28)19(22,23)24)25-34(31,32)15-6-4-3-5-14(15)26(29)30/h3-9,25H,10H2,1-2H3,(H,27,28)/t17-,18-/m1/s1. The maximum Gasteiger partial charge on any atom is 0.428 e. The van der Waals surface area contributed by atoms with Gasteiger partial charge in [-0.1, -0.05) is 28.1 Å². The van der Waals surface area contributed by atoms with Crippen LogP contribution in [0.25, 0.3) is 0 Å². The number of hydrogen-bond acceptors (Lipinski definition) is 6. The number of sulfonamides is 1. The first-order valence-corrected chi connectivity index (χ1v) is 11.4. The van der Waals surface area contributed by atoms with E-state index in [1.807, 2.05) is 4.72 Å². The summed E-state index contributed by atoms with van der Waals surface area (Å²) >= 11 is 3.04. The average molecular weight is 573 g/mol. The van der Waals surface area contributed by atoms with Crippen LogP contribution in [0.5, 0.6) is 0 Å². The van der Waals surface area contributed by atoms with Crippen LogP contribution in [0.3, 0.4) is 0 Å². The predicted molar refractivity (Wildman–Crippen MR) is 113 cm³/mol. The fourth-order valence-corrected chi connectivity index (χ4v) is 4.73. The second-order valence-electron chi connectivity index (χ2n) is 7.41. The Balaban J connectivity index is 2.65. The van der Waals surface area contributed by atoms with Gasteiger partial charge in [0.05, 0.1) is 17.1 Å². The Hall–Kier alpha value is -2.62. The maximum atomic E-state index is 14.7. The summed E-state index contributed by atoms with van der Waals surface area (Å²) in [5.74, 6) is -3.48. The van der Waals surface area contributed by atoms with Crippen LogP contribution < -0.4 is 4.72 Å². The van der Waals surface area contributed by atoms with Crippen LogP contribution in [-0.4, -0.2) is 42.8 Å². The molecule has 0 radical (unpaired) electrons. The SMILES string of the molecule is C[C@](CO[C@](C)(C(=O)O)C(F)(F)F)(NS(=O)(=O)c1ccccc1[N+](=O)[O-])c1cc(Br)ccc1F. The van der Waals surface area contributed by atoms with Crippen LogP contribution in [0.4, 0.5) is 23.2 Å². The van der Waals surface area contributed by atoms with Crippen molar-refractivity contribution in [3.63, 3.8) is 0 Å². The summed E-state index contributed by atoms with van der Waals surface area (Å²) in [5, 5.41) is 20.4. The molecule has 0 heterocycles. The van der Waals surface area contributed by atoms with Gasteiger partial charge >= 0.3 is 12.1 Å². The number of carboxylic acids is 1. The summed E-state index contributed by atoms with van der Waals surface area (Å²) in [6.45, 7) is -0.158. The van der Waals surface area contributed by atoms with Crippen molar-refractivity contribution in [1.29, 1.82) is 0 Å². The topological polar surface area (TPSA) is 136 Å². The lowest BCUT2D eigenvalue weighted by atomic mass is 9.93. The number of benzene rings is 2. The molecule has 0 aliphatic rings. The van der Waals surface area contributed by atoms with E-state index in [1.165, 1.54) is 18.2 Å². The van der Waals surface area contributed by atoms with Gasteiger partial charge in [-0.2, -0.15) is 17.9 Å². The number of rotatable bonds is 9. The lowest BCUT2D eigenvalue weighted by Crippen LogP contribution is -2.56. The molecular formula is C19H17BrF4N2O7S. The maximum absolute atomic E-state index is 14.7. The number of nitro benzene ring substituents is 1. The Bertz CT molecular complexity index is 1230. The molecule has 0 unspecified atom stereocenters. The van der Waals surface area contributed by atoms with Crippen LogP contribution in [0.1, 0.15) is 19.4 Å². The lowest BCUT2D eigenvalue weighted by Gasteiger charge is -2.35. The van der Waals surface area contributed by atoms with Crippen LogP contribution in [0, 0.1) is 15.9 Å². The van der Waals surface area contributed by atoms with Gasteiger partial charge in [0.1, 0.15) is 5.82 Å². The molecule has 0 amide bonds. The molecule has 186 valence electrons. The van der Waals surface area contributed by atoms with Crippen molar-refractivity contribution in [2.24, 2.45) is 0 Å². The zero-order chi connectivity index (χ0) is 26.1. The summed E-state index contributed by atoms with van der Waals surface area (Å²) in [4.78, 5) is 20.8. The number of hydrogen-bond donors (Lipinski definition) is 2. The van der Waals surface area contributed by atoms with Crippen LogP contribution in [0.2, 0.25) is 0 Å². The second kappa shape index (κ2) is 9.56. The molecule has 9 nitrogen and oxygen atoms in total. The number of nitrogens with zero attached hydrogens (tertiary/aromatic N) is 1. The third-order valence-electron chi connectivity index (χ3n) is 4.83. The molecule has 34 heavy (non-hydrogen) atoms.